The summed E-state index contributed by atoms with van der Waals surface area (Å²) in [5.74, 6) is -0.288. The Labute approximate surface area is 124 Å². The van der Waals surface area contributed by atoms with Gasteiger partial charge in [0.25, 0.3) is 11.6 Å². The molecular weight excluding hydrogens is 282 g/mol. The highest BCUT2D eigenvalue weighted by molar-refractivity contribution is 5.95. The number of nitrogens with zero attached hydrogens (tertiary/aromatic N) is 1. The van der Waals surface area contributed by atoms with Crippen molar-refractivity contribution in [2.24, 2.45) is 0 Å². The van der Waals surface area contributed by atoms with Crippen LogP contribution in [0.15, 0.2) is 18.2 Å². The number of likely N-dealkylation sites (N-methyl/N-ethyl adjacent to an activating group) is 1. The van der Waals surface area contributed by atoms with Crippen molar-refractivity contribution in [3.63, 3.8) is 0 Å². The van der Waals surface area contributed by atoms with E-state index >= 15 is 0 Å². The number of rotatable bonds is 7. The van der Waals surface area contributed by atoms with Crippen molar-refractivity contribution in [1.82, 2.24) is 10.6 Å². The van der Waals surface area contributed by atoms with Gasteiger partial charge in [-0.2, -0.15) is 0 Å². The molecule has 1 aromatic carbocycles. The summed E-state index contributed by atoms with van der Waals surface area (Å²) in [6, 6.07) is 4.59. The molecule has 6 nitrogen and oxygen atoms in total. The molecule has 1 aromatic rings. The van der Waals surface area contributed by atoms with Crippen LogP contribution >= 0.6 is 12.4 Å². The zero-order valence-corrected chi connectivity index (χ0v) is 12.5. The van der Waals surface area contributed by atoms with Crippen molar-refractivity contribution in [3.8, 4) is 0 Å². The fourth-order valence-corrected chi connectivity index (χ4v) is 1.72. The Kier molecular flexibility index (Phi) is 8.51. The number of nitrogens with one attached hydrogen (secondary N) is 2. The van der Waals surface area contributed by atoms with E-state index in [1.807, 2.05) is 13.8 Å². The molecule has 7 heteroatoms. The van der Waals surface area contributed by atoms with Crippen LogP contribution in [0.3, 0.4) is 0 Å². The zero-order valence-electron chi connectivity index (χ0n) is 11.6. The van der Waals surface area contributed by atoms with E-state index in [0.717, 1.165) is 6.54 Å². The largest absolute Gasteiger partial charge is 0.351 e. The lowest BCUT2D eigenvalue weighted by Crippen LogP contribution is -2.31. The summed E-state index contributed by atoms with van der Waals surface area (Å²) in [5.41, 5.74) is 0.955. The van der Waals surface area contributed by atoms with Crippen LogP contribution in [0.1, 0.15) is 29.8 Å². The van der Waals surface area contributed by atoms with E-state index in [9.17, 15) is 14.9 Å². The molecule has 1 rings (SSSR count). The number of aryl methyl sites for hydroxylation is 1. The van der Waals surface area contributed by atoms with E-state index in [0.29, 0.717) is 30.6 Å². The predicted octanol–water partition coefficient (Wildman–Crippen LogP) is 1.92. The number of carbonyl (C=O) groups is 1. The number of hydrogen-bond acceptors (Lipinski definition) is 4. The minimum absolute atomic E-state index is 0. The molecule has 20 heavy (non-hydrogen) atoms. The monoisotopic (exact) mass is 301 g/mol. The highest BCUT2D eigenvalue weighted by atomic mass is 35.5. The summed E-state index contributed by atoms with van der Waals surface area (Å²) in [5, 5.41) is 16.7. The van der Waals surface area contributed by atoms with E-state index < -0.39 is 4.92 Å². The van der Waals surface area contributed by atoms with Crippen LogP contribution in [-0.4, -0.2) is 30.5 Å². The summed E-state index contributed by atoms with van der Waals surface area (Å²) in [6.07, 6.45) is 0.568. The molecule has 0 radical (unpaired) electrons. The number of benzene rings is 1. The van der Waals surface area contributed by atoms with Crippen LogP contribution in [0.5, 0.6) is 0 Å². The molecule has 0 spiro atoms. The van der Waals surface area contributed by atoms with Gasteiger partial charge in [0.1, 0.15) is 0 Å². The van der Waals surface area contributed by atoms with Crippen molar-refractivity contribution >= 4 is 24.0 Å². The van der Waals surface area contributed by atoms with Crippen LogP contribution in [0.4, 0.5) is 5.69 Å². The van der Waals surface area contributed by atoms with Crippen molar-refractivity contribution in [3.05, 3.63) is 39.4 Å². The second kappa shape index (κ2) is 9.28. The third kappa shape index (κ3) is 5.14. The highest BCUT2D eigenvalue weighted by Crippen LogP contribution is 2.20. The fraction of sp³-hybridized carbons (Fsp3) is 0.462. The van der Waals surface area contributed by atoms with E-state index in [4.69, 9.17) is 0 Å². The minimum Gasteiger partial charge on any atom is -0.351 e. The van der Waals surface area contributed by atoms with Gasteiger partial charge in [0, 0.05) is 30.3 Å². The maximum atomic E-state index is 11.8. The molecule has 0 bridgehead atoms. The van der Waals surface area contributed by atoms with Gasteiger partial charge in [0.15, 0.2) is 0 Å². The first kappa shape index (κ1) is 18.3. The van der Waals surface area contributed by atoms with E-state index in [-0.39, 0.29) is 24.0 Å². The topological polar surface area (TPSA) is 84.3 Å². The van der Waals surface area contributed by atoms with Crippen molar-refractivity contribution < 1.29 is 9.72 Å². The summed E-state index contributed by atoms with van der Waals surface area (Å²) in [6.45, 7) is 5.84. The van der Waals surface area contributed by atoms with Crippen LogP contribution < -0.4 is 10.6 Å². The van der Waals surface area contributed by atoms with Crippen LogP contribution in [0, 0.1) is 10.1 Å². The SMILES string of the molecule is CCNCCNC(=O)c1ccc(CC)c([N+](=O)[O-])c1.Cl. The van der Waals surface area contributed by atoms with Gasteiger partial charge in [-0.05, 0) is 19.0 Å². The second-order valence-electron chi connectivity index (χ2n) is 4.06. The maximum absolute atomic E-state index is 11.8. The Morgan fingerprint density at radius 3 is 2.55 bits per heavy atom. The molecular formula is C13H20ClN3O3. The lowest BCUT2D eigenvalue weighted by molar-refractivity contribution is -0.385. The van der Waals surface area contributed by atoms with Gasteiger partial charge in [-0.15, -0.1) is 12.4 Å². The normalized spacial score (nSPS) is 9.70. The van der Waals surface area contributed by atoms with Gasteiger partial charge in [0.05, 0.1) is 4.92 Å². The predicted molar refractivity (Wildman–Crippen MR) is 80.6 cm³/mol. The van der Waals surface area contributed by atoms with Gasteiger partial charge >= 0.3 is 0 Å². The second-order valence-corrected chi connectivity index (χ2v) is 4.06. The first-order valence-corrected chi connectivity index (χ1v) is 6.36. The lowest BCUT2D eigenvalue weighted by Gasteiger charge is -2.07. The molecule has 0 fully saturated rings. The molecule has 0 saturated carbocycles. The summed E-state index contributed by atoms with van der Waals surface area (Å²) in [4.78, 5) is 22.3. The molecule has 2 N–H and O–H groups in total. The number of nitro benzene ring substituents is 1. The Balaban J connectivity index is 0.00000361. The van der Waals surface area contributed by atoms with Gasteiger partial charge in [0.2, 0.25) is 0 Å². The Bertz CT molecular complexity index is 466. The van der Waals surface area contributed by atoms with Crippen molar-refractivity contribution in [1.29, 1.82) is 0 Å². The highest BCUT2D eigenvalue weighted by Gasteiger charge is 2.15. The molecule has 0 unspecified atom stereocenters. The standard InChI is InChI=1S/C13H19N3O3.ClH/c1-3-10-5-6-11(9-12(10)16(18)19)13(17)15-8-7-14-4-2;/h5-6,9,14H,3-4,7-8H2,1-2H3,(H,15,17);1H. The van der Waals surface area contributed by atoms with Gasteiger partial charge < -0.3 is 10.6 Å². The molecule has 1 amide bonds. The molecule has 0 atom stereocenters. The molecule has 0 aliphatic carbocycles. The third-order valence-electron chi connectivity index (χ3n) is 2.76. The quantitative estimate of drug-likeness (QED) is 0.458. The van der Waals surface area contributed by atoms with E-state index in [2.05, 4.69) is 10.6 Å². The smallest absolute Gasteiger partial charge is 0.273 e. The van der Waals surface area contributed by atoms with Crippen LogP contribution in [-0.2, 0) is 6.42 Å². The lowest BCUT2D eigenvalue weighted by atomic mass is 10.1. The van der Waals surface area contributed by atoms with E-state index in [1.54, 1.807) is 12.1 Å². The molecule has 0 saturated heterocycles. The average molecular weight is 302 g/mol. The third-order valence-corrected chi connectivity index (χ3v) is 2.76. The number of nitro groups is 1. The number of amides is 1. The summed E-state index contributed by atoms with van der Waals surface area (Å²) < 4.78 is 0. The molecule has 0 heterocycles. The molecule has 0 aliphatic heterocycles. The minimum atomic E-state index is -0.450. The first-order valence-electron chi connectivity index (χ1n) is 6.36. The molecule has 112 valence electrons. The van der Waals surface area contributed by atoms with Crippen molar-refractivity contribution in [2.45, 2.75) is 20.3 Å². The number of hydrogen-bond donors (Lipinski definition) is 2. The van der Waals surface area contributed by atoms with Crippen LogP contribution in [0.25, 0.3) is 0 Å². The average Bonchev–Trinajstić information content (AvgIpc) is 2.42. The molecule has 0 aromatic heterocycles. The Morgan fingerprint density at radius 2 is 2.00 bits per heavy atom. The first-order chi connectivity index (χ1) is 9.10. The molecule has 0 aliphatic rings. The zero-order chi connectivity index (χ0) is 14.3. The summed E-state index contributed by atoms with van der Waals surface area (Å²) >= 11 is 0. The Hall–Kier alpha value is -1.66. The maximum Gasteiger partial charge on any atom is 0.273 e. The van der Waals surface area contributed by atoms with Gasteiger partial charge in [-0.3, -0.25) is 14.9 Å². The Morgan fingerprint density at radius 1 is 1.30 bits per heavy atom. The van der Waals surface area contributed by atoms with Gasteiger partial charge in [-0.25, -0.2) is 0 Å². The summed E-state index contributed by atoms with van der Waals surface area (Å²) in [7, 11) is 0. The number of halogens is 1. The van der Waals surface area contributed by atoms with Crippen LogP contribution in [0.2, 0.25) is 0 Å². The fourth-order valence-electron chi connectivity index (χ4n) is 1.72. The number of carbonyl (C=O) groups excluding carboxylic acids is 1. The van der Waals surface area contributed by atoms with Crippen molar-refractivity contribution in [2.75, 3.05) is 19.6 Å². The van der Waals surface area contributed by atoms with E-state index in [1.165, 1.54) is 6.07 Å². The van der Waals surface area contributed by atoms with Gasteiger partial charge in [-0.1, -0.05) is 19.9 Å².